The summed E-state index contributed by atoms with van der Waals surface area (Å²) in [6.45, 7) is 4.11. The molecular weight excluding hydrogens is 120 g/mol. The Bertz CT molecular complexity index is 196. The van der Waals surface area contributed by atoms with Crippen molar-refractivity contribution in [2.24, 2.45) is 17.3 Å². The number of hydrogen-bond donors (Lipinski definition) is 0. The van der Waals surface area contributed by atoms with Crippen LogP contribution in [0.3, 0.4) is 0 Å². The smallest absolute Gasteiger partial charge is 0.00802 e. The molecule has 2 atom stereocenters. The van der Waals surface area contributed by atoms with Gasteiger partial charge in [-0.15, -0.1) is 0 Å². The molecule has 0 heterocycles. The van der Waals surface area contributed by atoms with Crippen LogP contribution >= 0.6 is 0 Å². The molecule has 1 unspecified atom stereocenters. The normalized spacial score (nSPS) is 47.0. The lowest BCUT2D eigenvalue weighted by atomic mass is 9.67. The summed E-state index contributed by atoms with van der Waals surface area (Å²) in [6.07, 6.45) is 7.55. The Balaban J connectivity index is 1.89. The van der Waals surface area contributed by atoms with Gasteiger partial charge in [-0.05, 0) is 36.5 Å². The van der Waals surface area contributed by atoms with E-state index in [4.69, 9.17) is 0 Å². The average molecular weight is 134 g/mol. The summed E-state index contributed by atoms with van der Waals surface area (Å²) >= 11 is 0. The topological polar surface area (TPSA) is 0 Å². The zero-order chi connectivity index (χ0) is 6.77. The van der Waals surface area contributed by atoms with Crippen molar-refractivity contribution in [2.75, 3.05) is 0 Å². The molecule has 0 aromatic rings. The van der Waals surface area contributed by atoms with E-state index in [2.05, 4.69) is 6.58 Å². The molecule has 0 aliphatic heterocycles. The lowest BCUT2D eigenvalue weighted by Gasteiger charge is -2.36. The van der Waals surface area contributed by atoms with Gasteiger partial charge in [0.2, 0.25) is 0 Å². The average Bonchev–Trinajstić information content (AvgIpc) is 2.28. The molecule has 1 spiro atoms. The minimum absolute atomic E-state index is 0.821. The van der Waals surface area contributed by atoms with Crippen molar-refractivity contribution in [3.8, 4) is 0 Å². The molecule has 0 heteroatoms. The van der Waals surface area contributed by atoms with E-state index >= 15 is 0 Å². The van der Waals surface area contributed by atoms with Crippen molar-refractivity contribution in [3.05, 3.63) is 12.2 Å². The first kappa shape index (κ1) is 5.40. The maximum Gasteiger partial charge on any atom is -0.00802 e. The zero-order valence-electron chi connectivity index (χ0n) is 6.40. The van der Waals surface area contributed by atoms with Crippen molar-refractivity contribution < 1.29 is 0 Å². The van der Waals surface area contributed by atoms with Crippen LogP contribution in [0.4, 0.5) is 0 Å². The predicted octanol–water partition coefficient (Wildman–Crippen LogP) is 2.75. The fourth-order valence-corrected chi connectivity index (χ4v) is 3.44. The number of allylic oxidation sites excluding steroid dienone is 1. The third-order valence-electron chi connectivity index (χ3n) is 4.05. The molecule has 0 aromatic carbocycles. The Kier molecular flexibility index (Phi) is 0.725. The van der Waals surface area contributed by atoms with Gasteiger partial charge in [-0.1, -0.05) is 25.0 Å². The van der Waals surface area contributed by atoms with Gasteiger partial charge in [0, 0.05) is 0 Å². The Morgan fingerprint density at radius 3 is 2.40 bits per heavy atom. The SMILES string of the molecule is C=C1C2CC3(CCCC3)[C@@H]12. The molecule has 3 aliphatic rings. The highest BCUT2D eigenvalue weighted by Crippen LogP contribution is 2.75. The second-order valence-electron chi connectivity index (χ2n) is 4.43. The summed E-state index contributed by atoms with van der Waals surface area (Å²) in [4.78, 5) is 0. The van der Waals surface area contributed by atoms with Crippen molar-refractivity contribution in [1.29, 1.82) is 0 Å². The van der Waals surface area contributed by atoms with Gasteiger partial charge in [0.05, 0.1) is 0 Å². The lowest BCUT2D eigenvalue weighted by Crippen LogP contribution is -2.29. The van der Waals surface area contributed by atoms with Gasteiger partial charge in [-0.25, -0.2) is 0 Å². The highest BCUT2D eigenvalue weighted by atomic mass is 14.7. The molecule has 0 saturated heterocycles. The Morgan fingerprint density at radius 1 is 1.30 bits per heavy atom. The third kappa shape index (κ3) is 0.398. The van der Waals surface area contributed by atoms with Gasteiger partial charge in [0.1, 0.15) is 0 Å². The van der Waals surface area contributed by atoms with Crippen LogP contribution in [0.15, 0.2) is 12.2 Å². The van der Waals surface area contributed by atoms with Crippen molar-refractivity contribution >= 4 is 0 Å². The predicted molar refractivity (Wildman–Crippen MR) is 41.6 cm³/mol. The van der Waals surface area contributed by atoms with Crippen LogP contribution in [0.1, 0.15) is 32.1 Å². The zero-order valence-corrected chi connectivity index (χ0v) is 6.40. The molecule has 3 fully saturated rings. The van der Waals surface area contributed by atoms with E-state index in [0.717, 1.165) is 17.3 Å². The van der Waals surface area contributed by atoms with E-state index in [0.29, 0.717) is 0 Å². The van der Waals surface area contributed by atoms with E-state index in [1.54, 1.807) is 5.57 Å². The Morgan fingerprint density at radius 2 is 2.00 bits per heavy atom. The largest absolute Gasteiger partial charge is 0.0992 e. The maximum atomic E-state index is 4.11. The van der Waals surface area contributed by atoms with E-state index in [1.165, 1.54) is 32.1 Å². The minimum atomic E-state index is 0.821. The van der Waals surface area contributed by atoms with Gasteiger partial charge in [0.15, 0.2) is 0 Å². The first-order chi connectivity index (χ1) is 4.83. The summed E-state index contributed by atoms with van der Waals surface area (Å²) in [7, 11) is 0. The molecule has 0 nitrogen and oxygen atoms in total. The first-order valence-corrected chi connectivity index (χ1v) is 4.52. The quantitative estimate of drug-likeness (QED) is 0.447. The van der Waals surface area contributed by atoms with E-state index in [1.807, 2.05) is 0 Å². The van der Waals surface area contributed by atoms with Crippen LogP contribution in [0.2, 0.25) is 0 Å². The van der Waals surface area contributed by atoms with Gasteiger partial charge in [0.25, 0.3) is 0 Å². The summed E-state index contributed by atoms with van der Waals surface area (Å²) < 4.78 is 0. The van der Waals surface area contributed by atoms with Crippen LogP contribution in [-0.2, 0) is 0 Å². The van der Waals surface area contributed by atoms with E-state index in [-0.39, 0.29) is 0 Å². The molecule has 3 saturated carbocycles. The molecule has 3 aliphatic carbocycles. The Hall–Kier alpha value is -0.260. The van der Waals surface area contributed by atoms with E-state index < -0.39 is 0 Å². The summed E-state index contributed by atoms with van der Waals surface area (Å²) in [5, 5.41) is 0. The van der Waals surface area contributed by atoms with Gasteiger partial charge < -0.3 is 0 Å². The van der Waals surface area contributed by atoms with E-state index in [9.17, 15) is 0 Å². The lowest BCUT2D eigenvalue weighted by molar-refractivity contribution is 0.122. The van der Waals surface area contributed by atoms with Gasteiger partial charge >= 0.3 is 0 Å². The van der Waals surface area contributed by atoms with Crippen LogP contribution in [-0.4, -0.2) is 0 Å². The maximum absolute atomic E-state index is 4.11. The van der Waals surface area contributed by atoms with Crippen molar-refractivity contribution in [1.82, 2.24) is 0 Å². The summed E-state index contributed by atoms with van der Waals surface area (Å²) in [5.41, 5.74) is 2.42. The molecular formula is C10H14. The summed E-state index contributed by atoms with van der Waals surface area (Å²) in [6, 6.07) is 0. The highest BCUT2D eigenvalue weighted by molar-refractivity contribution is 5.38. The molecule has 54 valence electrons. The molecule has 0 bridgehead atoms. The third-order valence-corrected chi connectivity index (χ3v) is 4.05. The molecule has 0 N–H and O–H groups in total. The van der Waals surface area contributed by atoms with Gasteiger partial charge in [-0.3, -0.25) is 0 Å². The van der Waals surface area contributed by atoms with Crippen molar-refractivity contribution in [2.45, 2.75) is 32.1 Å². The second-order valence-corrected chi connectivity index (χ2v) is 4.43. The fraction of sp³-hybridized carbons (Fsp3) is 0.800. The van der Waals surface area contributed by atoms with Crippen LogP contribution < -0.4 is 0 Å². The Labute approximate surface area is 62.3 Å². The molecule has 0 aromatic heterocycles. The highest BCUT2D eigenvalue weighted by Gasteiger charge is 2.66. The first-order valence-electron chi connectivity index (χ1n) is 4.52. The fourth-order valence-electron chi connectivity index (χ4n) is 3.44. The number of fused-ring (bicyclic) bond motifs is 2. The minimum Gasteiger partial charge on any atom is -0.0992 e. The van der Waals surface area contributed by atoms with Crippen LogP contribution in [0.25, 0.3) is 0 Å². The van der Waals surface area contributed by atoms with Gasteiger partial charge in [-0.2, -0.15) is 0 Å². The number of hydrogen-bond acceptors (Lipinski definition) is 0. The molecule has 3 rings (SSSR count). The van der Waals surface area contributed by atoms with Crippen LogP contribution in [0, 0.1) is 17.3 Å². The second kappa shape index (κ2) is 1.34. The molecule has 10 heavy (non-hydrogen) atoms. The molecule has 0 radical (unpaired) electrons. The molecule has 0 amide bonds. The number of rotatable bonds is 0. The van der Waals surface area contributed by atoms with Crippen LogP contribution in [0.5, 0.6) is 0 Å². The standard InChI is InChI=1S/C10H14/c1-7-8-6-10(9(7)8)4-2-3-5-10/h8-9H,1-6H2/t8?,9-/m0/s1. The van der Waals surface area contributed by atoms with Crippen molar-refractivity contribution in [3.63, 3.8) is 0 Å². The summed E-state index contributed by atoms with van der Waals surface area (Å²) in [5.74, 6) is 2.01. The monoisotopic (exact) mass is 134 g/mol.